The number of methoxy groups -OCH3 is 1. The molecular weight excluding hydrogens is 332 g/mol. The van der Waals surface area contributed by atoms with Gasteiger partial charge in [0.2, 0.25) is 0 Å². The quantitative estimate of drug-likeness (QED) is 0.598. The number of thiophene rings is 1. The molecule has 0 bridgehead atoms. The van der Waals surface area contributed by atoms with Gasteiger partial charge in [0.25, 0.3) is 0 Å². The van der Waals surface area contributed by atoms with Crippen LogP contribution >= 0.6 is 11.3 Å². The zero-order chi connectivity index (χ0) is 17.6. The van der Waals surface area contributed by atoms with Gasteiger partial charge < -0.3 is 9.47 Å². The maximum absolute atomic E-state index is 9.49. The minimum atomic E-state index is 0.191. The van der Waals surface area contributed by atoms with E-state index in [1.165, 1.54) is 16.9 Å². The average Bonchev–Trinajstić information content (AvgIpc) is 3.02. The van der Waals surface area contributed by atoms with E-state index in [4.69, 9.17) is 15.9 Å². The monoisotopic (exact) mass is 350 g/mol. The summed E-state index contributed by atoms with van der Waals surface area (Å²) in [5.74, 6) is 3.63. The molecule has 2 aromatic rings. The van der Waals surface area contributed by atoms with Gasteiger partial charge in [-0.1, -0.05) is 5.92 Å². The van der Waals surface area contributed by atoms with Gasteiger partial charge in [-0.2, -0.15) is 5.26 Å². The molecule has 1 heterocycles. The van der Waals surface area contributed by atoms with Crippen molar-refractivity contribution >= 4 is 22.6 Å². The van der Waals surface area contributed by atoms with E-state index in [0.29, 0.717) is 11.5 Å². The molecule has 1 aromatic heterocycles. The summed E-state index contributed by atoms with van der Waals surface area (Å²) in [5, 5.41) is 10.3. The van der Waals surface area contributed by atoms with E-state index < -0.39 is 0 Å². The number of fused-ring (bicyclic) bond motifs is 1. The molecule has 1 aliphatic carbocycles. The Morgan fingerprint density at radius 2 is 2.16 bits per heavy atom. The van der Waals surface area contributed by atoms with Crippen LogP contribution in [0.3, 0.4) is 0 Å². The van der Waals surface area contributed by atoms with Gasteiger partial charge in [0, 0.05) is 11.1 Å². The highest BCUT2D eigenvalue weighted by molar-refractivity contribution is 7.16. The van der Waals surface area contributed by atoms with Crippen LogP contribution in [-0.2, 0) is 12.8 Å². The molecule has 3 rings (SSSR count). The van der Waals surface area contributed by atoms with Crippen molar-refractivity contribution in [1.29, 1.82) is 5.26 Å². The van der Waals surface area contributed by atoms with E-state index in [2.05, 4.69) is 17.0 Å². The zero-order valence-electron chi connectivity index (χ0n) is 14.0. The molecule has 0 atom stereocenters. The van der Waals surface area contributed by atoms with Gasteiger partial charge in [0.15, 0.2) is 11.5 Å². The number of hydrogen-bond acceptors (Lipinski definition) is 5. The molecule has 1 aliphatic rings. The first kappa shape index (κ1) is 17.1. The molecule has 0 aliphatic heterocycles. The number of aliphatic imine (C=N–C) groups is 1. The third-order valence-electron chi connectivity index (χ3n) is 4.09. The first-order valence-corrected chi connectivity index (χ1v) is 8.91. The Morgan fingerprint density at radius 1 is 1.32 bits per heavy atom. The standard InChI is InChI=1S/C20H18N2O2S/c1-3-10-24-17-9-8-14(11-18(17)23-2)13-22-20-16(12-21)15-6-4-5-7-19(15)25-20/h1,8-9,11,13H,4-7,10H2,2H3/b22-13-. The van der Waals surface area contributed by atoms with Gasteiger partial charge in [-0.15, -0.1) is 17.8 Å². The third-order valence-corrected chi connectivity index (χ3v) is 5.29. The highest BCUT2D eigenvalue weighted by atomic mass is 32.1. The predicted molar refractivity (Wildman–Crippen MR) is 100 cm³/mol. The molecule has 4 nitrogen and oxygen atoms in total. The molecule has 0 saturated carbocycles. The molecule has 0 unspecified atom stereocenters. The van der Waals surface area contributed by atoms with Crippen LogP contribution < -0.4 is 9.47 Å². The maximum atomic E-state index is 9.49. The van der Waals surface area contributed by atoms with Crippen LogP contribution in [0.25, 0.3) is 0 Å². The first-order valence-electron chi connectivity index (χ1n) is 8.09. The predicted octanol–water partition coefficient (Wildman–Crippen LogP) is 4.27. The van der Waals surface area contributed by atoms with Gasteiger partial charge in [-0.3, -0.25) is 0 Å². The van der Waals surface area contributed by atoms with Gasteiger partial charge in [-0.05, 0) is 55.0 Å². The smallest absolute Gasteiger partial charge is 0.162 e. The van der Waals surface area contributed by atoms with Crippen LogP contribution in [0.15, 0.2) is 23.2 Å². The summed E-state index contributed by atoms with van der Waals surface area (Å²) in [6.45, 7) is 0.191. The third kappa shape index (κ3) is 3.68. The Bertz CT molecular complexity index is 884. The van der Waals surface area contributed by atoms with Crippen LogP contribution in [0.5, 0.6) is 11.5 Å². The van der Waals surface area contributed by atoms with E-state index in [1.807, 2.05) is 18.2 Å². The van der Waals surface area contributed by atoms with Crippen LogP contribution in [0.2, 0.25) is 0 Å². The Kier molecular flexibility index (Phi) is 5.38. The minimum Gasteiger partial charge on any atom is -0.493 e. The normalized spacial score (nSPS) is 13.1. The van der Waals surface area contributed by atoms with Gasteiger partial charge >= 0.3 is 0 Å². The van der Waals surface area contributed by atoms with Crippen molar-refractivity contribution in [2.24, 2.45) is 4.99 Å². The number of benzene rings is 1. The maximum Gasteiger partial charge on any atom is 0.162 e. The van der Waals surface area contributed by atoms with Crippen molar-refractivity contribution in [3.05, 3.63) is 39.8 Å². The molecule has 25 heavy (non-hydrogen) atoms. The number of nitriles is 1. The van der Waals surface area contributed by atoms with E-state index in [9.17, 15) is 5.26 Å². The SMILES string of the molecule is C#CCOc1ccc(/C=N\c2sc3c(c2C#N)CCCC3)cc1OC. The fourth-order valence-corrected chi connectivity index (χ4v) is 4.08. The van der Waals surface area contributed by atoms with Crippen LogP contribution in [0, 0.1) is 23.7 Å². The second-order valence-corrected chi connectivity index (χ2v) is 6.75. The van der Waals surface area contributed by atoms with Gasteiger partial charge in [0.05, 0.1) is 12.7 Å². The fourth-order valence-electron chi connectivity index (χ4n) is 2.89. The van der Waals surface area contributed by atoms with Crippen molar-refractivity contribution in [2.75, 3.05) is 13.7 Å². The number of ether oxygens (including phenoxy) is 2. The Labute approximate surface area is 151 Å². The summed E-state index contributed by atoms with van der Waals surface area (Å²) < 4.78 is 10.8. The average molecular weight is 350 g/mol. The summed E-state index contributed by atoms with van der Waals surface area (Å²) in [7, 11) is 1.58. The van der Waals surface area contributed by atoms with Crippen molar-refractivity contribution < 1.29 is 9.47 Å². The molecule has 1 aromatic carbocycles. The van der Waals surface area contributed by atoms with E-state index in [-0.39, 0.29) is 6.61 Å². The fraction of sp³-hybridized carbons (Fsp3) is 0.300. The lowest BCUT2D eigenvalue weighted by Gasteiger charge is -2.09. The van der Waals surface area contributed by atoms with Crippen molar-refractivity contribution in [3.8, 4) is 29.9 Å². The lowest BCUT2D eigenvalue weighted by molar-refractivity contribution is 0.331. The molecule has 0 fully saturated rings. The summed E-state index contributed by atoms with van der Waals surface area (Å²) >= 11 is 1.63. The minimum absolute atomic E-state index is 0.191. The molecule has 126 valence electrons. The lowest BCUT2D eigenvalue weighted by Crippen LogP contribution is -1.99. The van der Waals surface area contributed by atoms with Gasteiger partial charge in [-0.25, -0.2) is 4.99 Å². The Balaban J connectivity index is 1.86. The van der Waals surface area contributed by atoms with Crippen LogP contribution in [-0.4, -0.2) is 19.9 Å². The van der Waals surface area contributed by atoms with Crippen LogP contribution in [0.4, 0.5) is 5.00 Å². The Hall–Kier alpha value is -2.76. The van der Waals surface area contributed by atoms with E-state index in [0.717, 1.165) is 35.4 Å². The second kappa shape index (κ2) is 7.88. The Morgan fingerprint density at radius 3 is 2.92 bits per heavy atom. The largest absolute Gasteiger partial charge is 0.493 e. The van der Waals surface area contributed by atoms with Gasteiger partial charge in [0.1, 0.15) is 17.7 Å². The van der Waals surface area contributed by atoms with E-state index >= 15 is 0 Å². The highest BCUT2D eigenvalue weighted by Gasteiger charge is 2.20. The second-order valence-electron chi connectivity index (χ2n) is 5.66. The number of nitrogens with zero attached hydrogens (tertiary/aromatic N) is 2. The molecular formula is C20H18N2O2S. The summed E-state index contributed by atoms with van der Waals surface area (Å²) in [5.41, 5.74) is 2.80. The summed E-state index contributed by atoms with van der Waals surface area (Å²) in [6.07, 6.45) is 11.4. The van der Waals surface area contributed by atoms with Crippen LogP contribution in [0.1, 0.15) is 34.4 Å². The number of rotatable bonds is 5. The van der Waals surface area contributed by atoms with E-state index in [1.54, 1.807) is 24.7 Å². The molecule has 5 heteroatoms. The topological polar surface area (TPSA) is 54.6 Å². The first-order chi connectivity index (χ1) is 12.3. The number of terminal acetylenes is 1. The summed E-state index contributed by atoms with van der Waals surface area (Å²) in [4.78, 5) is 5.87. The molecule has 0 N–H and O–H groups in total. The molecule has 0 radical (unpaired) electrons. The van der Waals surface area contributed by atoms with Crippen molar-refractivity contribution in [2.45, 2.75) is 25.7 Å². The molecule has 0 spiro atoms. The zero-order valence-corrected chi connectivity index (χ0v) is 14.9. The number of aryl methyl sites for hydroxylation is 1. The molecule has 0 saturated heterocycles. The lowest BCUT2D eigenvalue weighted by atomic mass is 9.96. The van der Waals surface area contributed by atoms with Crippen molar-refractivity contribution in [1.82, 2.24) is 0 Å². The van der Waals surface area contributed by atoms with Crippen molar-refractivity contribution in [3.63, 3.8) is 0 Å². The number of hydrogen-bond donors (Lipinski definition) is 0. The highest BCUT2D eigenvalue weighted by Crippen LogP contribution is 2.39. The molecule has 0 amide bonds. The summed E-state index contributed by atoms with van der Waals surface area (Å²) in [6, 6.07) is 7.86.